The van der Waals surface area contributed by atoms with Crippen LogP contribution in [0.1, 0.15) is 53.4 Å². The summed E-state index contributed by atoms with van der Waals surface area (Å²) in [5, 5.41) is 2.93. The van der Waals surface area contributed by atoms with Gasteiger partial charge in [0.2, 0.25) is 5.91 Å². The van der Waals surface area contributed by atoms with E-state index in [-0.39, 0.29) is 18.0 Å². The van der Waals surface area contributed by atoms with E-state index in [1.807, 2.05) is 25.7 Å². The van der Waals surface area contributed by atoms with Crippen LogP contribution in [0.4, 0.5) is 4.79 Å². The Morgan fingerprint density at radius 1 is 1.04 bits per heavy atom. The van der Waals surface area contributed by atoms with Gasteiger partial charge in [0.05, 0.1) is 6.54 Å². The molecule has 1 N–H and O–H groups in total. The minimum Gasteiger partial charge on any atom is -0.444 e. The number of hydrogen-bond donors (Lipinski definition) is 1. The van der Waals surface area contributed by atoms with Gasteiger partial charge in [0, 0.05) is 32.2 Å². The van der Waals surface area contributed by atoms with E-state index in [2.05, 4.69) is 17.1 Å². The average Bonchev–Trinajstić information content (AvgIpc) is 2.48. The Balaban J connectivity index is 1.67. The largest absolute Gasteiger partial charge is 0.444 e. The van der Waals surface area contributed by atoms with Crippen molar-refractivity contribution in [3.63, 3.8) is 0 Å². The fourth-order valence-electron chi connectivity index (χ4n) is 3.26. The molecule has 2 aliphatic heterocycles. The summed E-state index contributed by atoms with van der Waals surface area (Å²) in [5.41, 5.74) is -0.469. The Bertz CT molecular complexity index is 431. The summed E-state index contributed by atoms with van der Waals surface area (Å²) < 4.78 is 5.30. The van der Waals surface area contributed by atoms with Crippen molar-refractivity contribution in [3.05, 3.63) is 0 Å². The number of nitrogens with one attached hydrogen (secondary N) is 1. The van der Waals surface area contributed by atoms with Gasteiger partial charge in [-0.2, -0.15) is 0 Å². The summed E-state index contributed by atoms with van der Waals surface area (Å²) in [6.07, 6.45) is 3.62. The third-order valence-corrected chi connectivity index (χ3v) is 4.80. The van der Waals surface area contributed by atoms with Gasteiger partial charge in [-0.15, -0.1) is 0 Å². The summed E-state index contributed by atoms with van der Waals surface area (Å²) in [6.45, 7) is 11.8. The molecule has 6 nitrogen and oxygen atoms in total. The first-order valence-corrected chi connectivity index (χ1v) is 9.22. The number of carbonyl (C=O) groups excluding carboxylic acids is 2. The van der Waals surface area contributed by atoms with Gasteiger partial charge < -0.3 is 15.0 Å². The molecule has 138 valence electrons. The van der Waals surface area contributed by atoms with Crippen molar-refractivity contribution in [2.75, 3.05) is 32.7 Å². The van der Waals surface area contributed by atoms with Gasteiger partial charge in [-0.25, -0.2) is 4.79 Å². The fourth-order valence-corrected chi connectivity index (χ4v) is 3.26. The second-order valence-corrected chi connectivity index (χ2v) is 8.26. The number of ether oxygens (including phenoxy) is 1. The summed E-state index contributed by atoms with van der Waals surface area (Å²) in [7, 11) is 0. The van der Waals surface area contributed by atoms with Gasteiger partial charge >= 0.3 is 6.09 Å². The van der Waals surface area contributed by atoms with Crippen molar-refractivity contribution in [1.82, 2.24) is 15.1 Å². The first kappa shape index (κ1) is 19.0. The molecule has 2 heterocycles. The molecule has 0 atom stereocenters. The van der Waals surface area contributed by atoms with E-state index in [0.717, 1.165) is 57.8 Å². The molecule has 0 spiro atoms. The number of rotatable bonds is 3. The van der Waals surface area contributed by atoms with Crippen molar-refractivity contribution in [2.24, 2.45) is 5.92 Å². The van der Waals surface area contributed by atoms with Crippen molar-refractivity contribution < 1.29 is 14.3 Å². The SMILES string of the molecule is CC1CCN(C(=O)CN2CCC(NC(=O)OC(C)(C)C)CC2)CC1. The number of piperidine rings is 2. The van der Waals surface area contributed by atoms with Crippen LogP contribution >= 0.6 is 0 Å². The quantitative estimate of drug-likeness (QED) is 0.856. The zero-order valence-electron chi connectivity index (χ0n) is 15.6. The molecule has 2 aliphatic rings. The molecule has 0 radical (unpaired) electrons. The highest BCUT2D eigenvalue weighted by molar-refractivity contribution is 5.78. The molecule has 0 saturated carbocycles. The maximum absolute atomic E-state index is 12.4. The molecule has 6 heteroatoms. The van der Waals surface area contributed by atoms with Crippen molar-refractivity contribution in [3.8, 4) is 0 Å². The zero-order chi connectivity index (χ0) is 17.7. The lowest BCUT2D eigenvalue weighted by Crippen LogP contribution is -2.49. The Morgan fingerprint density at radius 3 is 2.17 bits per heavy atom. The van der Waals surface area contributed by atoms with E-state index in [0.29, 0.717) is 6.54 Å². The Labute approximate surface area is 145 Å². The lowest BCUT2D eigenvalue weighted by atomic mass is 9.99. The third-order valence-electron chi connectivity index (χ3n) is 4.80. The summed E-state index contributed by atoms with van der Waals surface area (Å²) in [6, 6.07) is 0.141. The molecule has 24 heavy (non-hydrogen) atoms. The van der Waals surface area contributed by atoms with Gasteiger partial charge in [-0.3, -0.25) is 9.69 Å². The minimum atomic E-state index is -0.469. The topological polar surface area (TPSA) is 61.9 Å². The lowest BCUT2D eigenvalue weighted by molar-refractivity contribution is -0.134. The lowest BCUT2D eigenvalue weighted by Gasteiger charge is -2.35. The highest BCUT2D eigenvalue weighted by Crippen LogP contribution is 2.17. The Morgan fingerprint density at radius 2 is 1.62 bits per heavy atom. The van der Waals surface area contributed by atoms with E-state index in [1.54, 1.807) is 0 Å². The molecule has 0 aromatic carbocycles. The van der Waals surface area contributed by atoms with Gasteiger partial charge in [0.25, 0.3) is 0 Å². The van der Waals surface area contributed by atoms with Crippen molar-refractivity contribution in [2.45, 2.75) is 65.0 Å². The van der Waals surface area contributed by atoms with E-state index in [4.69, 9.17) is 4.74 Å². The van der Waals surface area contributed by atoms with Crippen LogP contribution in [0.25, 0.3) is 0 Å². The smallest absolute Gasteiger partial charge is 0.407 e. The molecule has 2 fully saturated rings. The number of amides is 2. The van der Waals surface area contributed by atoms with Gasteiger partial charge in [0.15, 0.2) is 0 Å². The number of alkyl carbamates (subject to hydrolysis) is 1. The fraction of sp³-hybridized carbons (Fsp3) is 0.889. The number of nitrogens with zero attached hydrogens (tertiary/aromatic N) is 2. The second kappa shape index (κ2) is 8.19. The summed E-state index contributed by atoms with van der Waals surface area (Å²) >= 11 is 0. The van der Waals surface area contributed by atoms with Crippen molar-refractivity contribution >= 4 is 12.0 Å². The zero-order valence-corrected chi connectivity index (χ0v) is 15.6. The second-order valence-electron chi connectivity index (χ2n) is 8.26. The summed E-state index contributed by atoms with van der Waals surface area (Å²) in [4.78, 5) is 28.4. The Hall–Kier alpha value is -1.30. The first-order valence-electron chi connectivity index (χ1n) is 9.22. The van der Waals surface area contributed by atoms with Crippen LogP contribution in [0, 0.1) is 5.92 Å². The van der Waals surface area contributed by atoms with Crippen LogP contribution in [0.15, 0.2) is 0 Å². The van der Waals surface area contributed by atoms with Crippen LogP contribution in [0.3, 0.4) is 0 Å². The highest BCUT2D eigenvalue weighted by atomic mass is 16.6. The number of carbonyl (C=O) groups is 2. The molecule has 0 unspecified atom stereocenters. The molecule has 0 aromatic rings. The summed E-state index contributed by atoms with van der Waals surface area (Å²) in [5.74, 6) is 0.990. The first-order chi connectivity index (χ1) is 11.2. The molecule has 2 rings (SSSR count). The molecular formula is C18H33N3O3. The monoisotopic (exact) mass is 339 g/mol. The predicted octanol–water partition coefficient (Wildman–Crippen LogP) is 2.23. The molecular weight excluding hydrogens is 306 g/mol. The van der Waals surface area contributed by atoms with E-state index < -0.39 is 5.60 Å². The van der Waals surface area contributed by atoms with E-state index in [9.17, 15) is 9.59 Å². The molecule has 0 aliphatic carbocycles. The minimum absolute atomic E-state index is 0.141. The van der Waals surface area contributed by atoms with Crippen LogP contribution in [-0.4, -0.2) is 66.2 Å². The van der Waals surface area contributed by atoms with E-state index in [1.165, 1.54) is 0 Å². The Kier molecular flexibility index (Phi) is 6.49. The molecule has 2 saturated heterocycles. The molecule has 0 aromatic heterocycles. The highest BCUT2D eigenvalue weighted by Gasteiger charge is 2.26. The average molecular weight is 339 g/mol. The van der Waals surface area contributed by atoms with Crippen LogP contribution in [0.5, 0.6) is 0 Å². The van der Waals surface area contributed by atoms with Gasteiger partial charge in [0.1, 0.15) is 5.60 Å². The number of likely N-dealkylation sites (tertiary alicyclic amines) is 2. The predicted molar refractivity (Wildman–Crippen MR) is 93.8 cm³/mol. The van der Waals surface area contributed by atoms with Crippen molar-refractivity contribution in [1.29, 1.82) is 0 Å². The standard InChI is InChI=1S/C18H33N3O3/c1-14-5-11-21(12-6-14)16(22)13-20-9-7-15(8-10-20)19-17(23)24-18(2,3)4/h14-15H,5-13H2,1-4H3,(H,19,23). The van der Waals surface area contributed by atoms with E-state index >= 15 is 0 Å². The maximum Gasteiger partial charge on any atom is 0.407 e. The third kappa shape index (κ3) is 6.30. The molecule has 2 amide bonds. The normalized spacial score (nSPS) is 21.6. The van der Waals surface area contributed by atoms with Crippen LogP contribution in [-0.2, 0) is 9.53 Å². The maximum atomic E-state index is 12.4. The van der Waals surface area contributed by atoms with Crippen LogP contribution in [0.2, 0.25) is 0 Å². The van der Waals surface area contributed by atoms with Crippen LogP contribution < -0.4 is 5.32 Å². The molecule has 0 bridgehead atoms. The van der Waals surface area contributed by atoms with Gasteiger partial charge in [-0.1, -0.05) is 6.92 Å². The van der Waals surface area contributed by atoms with Gasteiger partial charge in [-0.05, 0) is 52.4 Å². The number of hydrogen-bond acceptors (Lipinski definition) is 4.